The number of carbonyl (C=O) groups is 1. The van der Waals surface area contributed by atoms with Crippen molar-refractivity contribution in [1.29, 1.82) is 0 Å². The first kappa shape index (κ1) is 14.6. The van der Waals surface area contributed by atoms with Crippen LogP contribution in [-0.2, 0) is 6.54 Å². The van der Waals surface area contributed by atoms with E-state index in [9.17, 15) is 4.79 Å². The highest BCUT2D eigenvalue weighted by molar-refractivity contribution is 9.10. The molecule has 1 N–H and O–H groups in total. The van der Waals surface area contributed by atoms with E-state index in [1.807, 2.05) is 31.2 Å². The van der Waals surface area contributed by atoms with Gasteiger partial charge in [0.2, 0.25) is 0 Å². The number of ether oxygens (including phenoxy) is 1. The molecule has 4 heteroatoms. The lowest BCUT2D eigenvalue weighted by Gasteiger charge is -2.08. The largest absolute Gasteiger partial charge is 0.497 e. The molecule has 1 amide bonds. The third-order valence-electron chi connectivity index (χ3n) is 2.99. The Morgan fingerprint density at radius 2 is 1.90 bits per heavy atom. The van der Waals surface area contributed by atoms with Crippen LogP contribution in [0.25, 0.3) is 0 Å². The van der Waals surface area contributed by atoms with E-state index in [1.165, 1.54) is 5.56 Å². The molecule has 0 aliphatic carbocycles. The predicted molar refractivity (Wildman–Crippen MR) is 83.0 cm³/mol. The van der Waals surface area contributed by atoms with Crippen LogP contribution in [0.4, 0.5) is 0 Å². The van der Waals surface area contributed by atoms with Crippen molar-refractivity contribution in [1.82, 2.24) is 5.32 Å². The average molecular weight is 334 g/mol. The smallest absolute Gasteiger partial charge is 0.252 e. The maximum Gasteiger partial charge on any atom is 0.252 e. The minimum Gasteiger partial charge on any atom is -0.497 e. The Labute approximate surface area is 127 Å². The molecule has 104 valence electrons. The molecule has 2 aromatic carbocycles. The molecule has 2 aromatic rings. The zero-order valence-electron chi connectivity index (χ0n) is 11.4. The molecule has 0 bridgehead atoms. The second-order valence-electron chi connectivity index (χ2n) is 4.51. The maximum absolute atomic E-state index is 12.1. The van der Waals surface area contributed by atoms with E-state index in [1.54, 1.807) is 25.3 Å². The summed E-state index contributed by atoms with van der Waals surface area (Å²) in [5.74, 6) is 0.604. The molecule has 0 atom stereocenters. The third kappa shape index (κ3) is 3.61. The van der Waals surface area contributed by atoms with E-state index in [0.29, 0.717) is 17.9 Å². The van der Waals surface area contributed by atoms with Crippen LogP contribution in [0.15, 0.2) is 46.9 Å². The van der Waals surface area contributed by atoms with Gasteiger partial charge < -0.3 is 10.1 Å². The first-order valence-electron chi connectivity index (χ1n) is 6.27. The highest BCUT2D eigenvalue weighted by atomic mass is 79.9. The van der Waals surface area contributed by atoms with Crippen molar-refractivity contribution in [2.24, 2.45) is 0 Å². The quantitative estimate of drug-likeness (QED) is 0.926. The van der Waals surface area contributed by atoms with E-state index >= 15 is 0 Å². The Morgan fingerprint density at radius 3 is 2.50 bits per heavy atom. The summed E-state index contributed by atoms with van der Waals surface area (Å²) in [6, 6.07) is 13.4. The summed E-state index contributed by atoms with van der Waals surface area (Å²) < 4.78 is 5.83. The lowest BCUT2D eigenvalue weighted by Crippen LogP contribution is -2.23. The second-order valence-corrected chi connectivity index (χ2v) is 5.37. The summed E-state index contributed by atoms with van der Waals surface area (Å²) in [7, 11) is 1.60. The summed E-state index contributed by atoms with van der Waals surface area (Å²) in [6.45, 7) is 2.55. The van der Waals surface area contributed by atoms with Gasteiger partial charge >= 0.3 is 0 Å². The zero-order chi connectivity index (χ0) is 14.5. The van der Waals surface area contributed by atoms with Crippen molar-refractivity contribution in [3.05, 3.63) is 63.6 Å². The Hall–Kier alpha value is -1.81. The molecule has 0 unspecified atom stereocenters. The van der Waals surface area contributed by atoms with Crippen molar-refractivity contribution in [3.8, 4) is 5.75 Å². The minimum absolute atomic E-state index is 0.111. The fourth-order valence-corrected chi connectivity index (χ4v) is 2.33. The first-order valence-corrected chi connectivity index (χ1v) is 7.06. The van der Waals surface area contributed by atoms with Crippen LogP contribution in [0.5, 0.6) is 5.75 Å². The average Bonchev–Trinajstić information content (AvgIpc) is 2.46. The lowest BCUT2D eigenvalue weighted by atomic mass is 10.1. The number of amides is 1. The van der Waals surface area contributed by atoms with Gasteiger partial charge in [0.1, 0.15) is 5.75 Å². The Kier molecular flexibility index (Phi) is 4.79. The van der Waals surface area contributed by atoms with Gasteiger partial charge in [-0.2, -0.15) is 0 Å². The van der Waals surface area contributed by atoms with Crippen LogP contribution in [0.2, 0.25) is 0 Å². The summed E-state index contributed by atoms with van der Waals surface area (Å²) in [4.78, 5) is 12.1. The zero-order valence-corrected chi connectivity index (χ0v) is 13.0. The number of methoxy groups -OCH3 is 1. The SMILES string of the molecule is COc1ccc(C(=O)NCc2ccc(C)cc2)c(Br)c1. The van der Waals surface area contributed by atoms with Crippen molar-refractivity contribution in [2.75, 3.05) is 7.11 Å². The first-order chi connectivity index (χ1) is 9.60. The van der Waals surface area contributed by atoms with Gasteiger partial charge in [-0.25, -0.2) is 0 Å². The van der Waals surface area contributed by atoms with Gasteiger partial charge in [0.05, 0.1) is 12.7 Å². The van der Waals surface area contributed by atoms with Gasteiger partial charge in [-0.3, -0.25) is 4.79 Å². The van der Waals surface area contributed by atoms with E-state index in [-0.39, 0.29) is 5.91 Å². The Balaban J connectivity index is 2.03. The van der Waals surface area contributed by atoms with Crippen molar-refractivity contribution < 1.29 is 9.53 Å². The van der Waals surface area contributed by atoms with Gasteiger partial charge in [-0.1, -0.05) is 29.8 Å². The van der Waals surface area contributed by atoms with Crippen LogP contribution in [0.3, 0.4) is 0 Å². The van der Waals surface area contributed by atoms with Crippen LogP contribution in [0.1, 0.15) is 21.5 Å². The number of benzene rings is 2. The molecule has 0 aliphatic rings. The molecule has 0 saturated heterocycles. The fraction of sp³-hybridized carbons (Fsp3) is 0.188. The van der Waals surface area contributed by atoms with Gasteiger partial charge in [0, 0.05) is 11.0 Å². The van der Waals surface area contributed by atoms with E-state index in [4.69, 9.17) is 4.74 Å². The summed E-state index contributed by atoms with van der Waals surface area (Å²) in [6.07, 6.45) is 0. The molecule has 20 heavy (non-hydrogen) atoms. The van der Waals surface area contributed by atoms with Crippen molar-refractivity contribution in [2.45, 2.75) is 13.5 Å². The van der Waals surface area contributed by atoms with Crippen LogP contribution < -0.4 is 10.1 Å². The molecule has 3 nitrogen and oxygen atoms in total. The predicted octanol–water partition coefficient (Wildman–Crippen LogP) is 3.70. The summed E-state index contributed by atoms with van der Waals surface area (Å²) in [5.41, 5.74) is 2.88. The van der Waals surface area contributed by atoms with Crippen LogP contribution in [0, 0.1) is 6.92 Å². The number of nitrogens with one attached hydrogen (secondary N) is 1. The fourth-order valence-electron chi connectivity index (χ4n) is 1.79. The molecular formula is C16H16BrNO2. The van der Waals surface area contributed by atoms with Crippen molar-refractivity contribution >= 4 is 21.8 Å². The van der Waals surface area contributed by atoms with Gasteiger partial charge in [0.15, 0.2) is 0 Å². The van der Waals surface area contributed by atoms with Crippen LogP contribution >= 0.6 is 15.9 Å². The van der Waals surface area contributed by atoms with Crippen molar-refractivity contribution in [3.63, 3.8) is 0 Å². The normalized spacial score (nSPS) is 10.2. The second kappa shape index (κ2) is 6.57. The molecule has 0 aliphatic heterocycles. The summed E-state index contributed by atoms with van der Waals surface area (Å²) in [5, 5.41) is 2.90. The summed E-state index contributed by atoms with van der Waals surface area (Å²) >= 11 is 3.38. The Bertz CT molecular complexity index is 608. The molecule has 0 saturated carbocycles. The molecule has 0 aromatic heterocycles. The van der Waals surface area contributed by atoms with E-state index < -0.39 is 0 Å². The maximum atomic E-state index is 12.1. The molecule has 0 fully saturated rings. The number of rotatable bonds is 4. The monoisotopic (exact) mass is 333 g/mol. The van der Waals surface area contributed by atoms with Gasteiger partial charge in [0.25, 0.3) is 5.91 Å². The molecule has 0 heterocycles. The van der Waals surface area contributed by atoms with E-state index in [0.717, 1.165) is 10.0 Å². The third-order valence-corrected chi connectivity index (χ3v) is 3.65. The number of aryl methyl sites for hydroxylation is 1. The van der Waals surface area contributed by atoms with Gasteiger partial charge in [-0.05, 0) is 46.6 Å². The van der Waals surface area contributed by atoms with Crippen LogP contribution in [-0.4, -0.2) is 13.0 Å². The Morgan fingerprint density at radius 1 is 1.20 bits per heavy atom. The number of hydrogen-bond donors (Lipinski definition) is 1. The van der Waals surface area contributed by atoms with E-state index in [2.05, 4.69) is 21.2 Å². The number of halogens is 1. The topological polar surface area (TPSA) is 38.3 Å². The number of carbonyl (C=O) groups excluding carboxylic acids is 1. The molecule has 2 rings (SSSR count). The lowest BCUT2D eigenvalue weighted by molar-refractivity contribution is 0.0950. The highest BCUT2D eigenvalue weighted by Gasteiger charge is 2.10. The molecular weight excluding hydrogens is 318 g/mol. The number of hydrogen-bond acceptors (Lipinski definition) is 2. The standard InChI is InChI=1S/C16H16BrNO2/c1-11-3-5-12(6-4-11)10-18-16(19)14-8-7-13(20-2)9-15(14)17/h3-9H,10H2,1-2H3,(H,18,19). The molecule has 0 spiro atoms. The minimum atomic E-state index is -0.111. The molecule has 0 radical (unpaired) electrons. The van der Waals surface area contributed by atoms with Gasteiger partial charge in [-0.15, -0.1) is 0 Å². The highest BCUT2D eigenvalue weighted by Crippen LogP contribution is 2.22.